The molecule has 0 aliphatic heterocycles. The number of carboxylic acids is 1. The lowest BCUT2D eigenvalue weighted by Crippen LogP contribution is -2.54. The maximum Gasteiger partial charge on any atom is 0.324 e. The van der Waals surface area contributed by atoms with Crippen LogP contribution in [0.15, 0.2) is 42.1 Å². The molecule has 0 spiro atoms. The first kappa shape index (κ1) is 19.7. The molecular formula is C19H31NO2Si. The summed E-state index contributed by atoms with van der Waals surface area (Å²) in [4.78, 5) is 11.8. The summed E-state index contributed by atoms with van der Waals surface area (Å²) in [5.74, 6) is -1.19. The van der Waals surface area contributed by atoms with E-state index in [2.05, 4.69) is 39.6 Å². The second-order valence-corrected chi connectivity index (χ2v) is 13.4. The molecule has 4 heteroatoms. The van der Waals surface area contributed by atoms with Crippen LogP contribution in [0.25, 0.3) is 0 Å². The van der Waals surface area contributed by atoms with Gasteiger partial charge in [-0.1, -0.05) is 82.9 Å². The van der Waals surface area contributed by atoms with Crippen molar-refractivity contribution in [1.82, 2.24) is 0 Å². The lowest BCUT2D eigenvalue weighted by Gasteiger charge is -2.35. The SMILES string of the molecule is C[C@H](/C=C/[Si](C)(C)C(C)(C)C)[C@@](N)(Cc1ccccc1)C(=O)O. The molecule has 0 aromatic heterocycles. The number of hydrogen-bond acceptors (Lipinski definition) is 2. The van der Waals surface area contributed by atoms with Gasteiger partial charge >= 0.3 is 5.97 Å². The van der Waals surface area contributed by atoms with Crippen molar-refractivity contribution in [3.63, 3.8) is 0 Å². The number of carbonyl (C=O) groups is 1. The van der Waals surface area contributed by atoms with Crippen molar-refractivity contribution >= 4 is 14.0 Å². The molecule has 1 aromatic rings. The molecule has 0 fully saturated rings. The zero-order valence-electron chi connectivity index (χ0n) is 15.3. The van der Waals surface area contributed by atoms with Gasteiger partial charge in [0.25, 0.3) is 0 Å². The molecule has 0 heterocycles. The predicted molar refractivity (Wildman–Crippen MR) is 100 cm³/mol. The zero-order chi connectivity index (χ0) is 17.9. The van der Waals surface area contributed by atoms with E-state index in [-0.39, 0.29) is 11.0 Å². The van der Waals surface area contributed by atoms with Crippen LogP contribution < -0.4 is 5.73 Å². The minimum atomic E-state index is -1.60. The van der Waals surface area contributed by atoms with Crippen molar-refractivity contribution in [2.24, 2.45) is 11.7 Å². The van der Waals surface area contributed by atoms with Crippen molar-refractivity contribution in [2.75, 3.05) is 0 Å². The summed E-state index contributed by atoms with van der Waals surface area (Å²) in [7, 11) is -1.60. The van der Waals surface area contributed by atoms with Gasteiger partial charge in [-0.05, 0) is 10.6 Å². The predicted octanol–water partition coefficient (Wildman–Crippen LogP) is 4.25. The first-order chi connectivity index (χ1) is 10.4. The molecule has 0 aliphatic carbocycles. The molecule has 0 bridgehead atoms. The molecule has 0 radical (unpaired) electrons. The number of aliphatic carboxylic acids is 1. The van der Waals surface area contributed by atoms with Crippen LogP contribution in [0, 0.1) is 5.92 Å². The molecule has 0 amide bonds. The highest BCUT2D eigenvalue weighted by Crippen LogP contribution is 2.37. The molecule has 0 unspecified atom stereocenters. The topological polar surface area (TPSA) is 63.3 Å². The Morgan fingerprint density at radius 3 is 2.22 bits per heavy atom. The molecule has 128 valence electrons. The van der Waals surface area contributed by atoms with Crippen molar-refractivity contribution in [2.45, 2.75) is 57.8 Å². The Morgan fingerprint density at radius 2 is 1.78 bits per heavy atom. The summed E-state index contributed by atoms with van der Waals surface area (Å²) < 4.78 is 0. The Kier molecular flexibility index (Phi) is 5.99. The number of carboxylic acid groups (broad SMARTS) is 1. The minimum Gasteiger partial charge on any atom is -0.480 e. The summed E-state index contributed by atoms with van der Waals surface area (Å²) in [5.41, 5.74) is 8.22. The Balaban J connectivity index is 3.03. The van der Waals surface area contributed by atoms with Crippen LogP contribution in [0.1, 0.15) is 33.3 Å². The monoisotopic (exact) mass is 333 g/mol. The van der Waals surface area contributed by atoms with E-state index >= 15 is 0 Å². The van der Waals surface area contributed by atoms with Crippen LogP contribution in [0.5, 0.6) is 0 Å². The van der Waals surface area contributed by atoms with Gasteiger partial charge in [0, 0.05) is 12.3 Å². The van der Waals surface area contributed by atoms with Crippen molar-refractivity contribution in [1.29, 1.82) is 0 Å². The molecule has 3 nitrogen and oxygen atoms in total. The standard InChI is InChI=1S/C19H31NO2Si/c1-15(12-13-23(5,6)18(2,3)4)19(20,17(21)22)14-16-10-8-7-9-11-16/h7-13,15H,14,20H2,1-6H3,(H,21,22)/b13-12+/t15-,19+/m1/s1. The third kappa shape index (κ3) is 4.79. The van der Waals surface area contributed by atoms with E-state index in [1.54, 1.807) is 0 Å². The molecule has 1 rings (SSSR count). The van der Waals surface area contributed by atoms with Gasteiger partial charge in [0.15, 0.2) is 0 Å². The fourth-order valence-electron chi connectivity index (χ4n) is 2.17. The Bertz CT molecular complexity index is 560. The summed E-state index contributed by atoms with van der Waals surface area (Å²) in [6.45, 7) is 13.2. The van der Waals surface area contributed by atoms with Gasteiger partial charge < -0.3 is 10.8 Å². The van der Waals surface area contributed by atoms with Crippen LogP contribution >= 0.6 is 0 Å². The number of hydrogen-bond donors (Lipinski definition) is 2. The van der Waals surface area contributed by atoms with E-state index in [1.165, 1.54) is 0 Å². The largest absolute Gasteiger partial charge is 0.480 e. The van der Waals surface area contributed by atoms with Gasteiger partial charge in [-0.3, -0.25) is 4.79 Å². The highest BCUT2D eigenvalue weighted by molar-refractivity contribution is 6.84. The van der Waals surface area contributed by atoms with E-state index in [0.29, 0.717) is 6.42 Å². The van der Waals surface area contributed by atoms with Crippen molar-refractivity contribution in [3.8, 4) is 0 Å². The fourth-order valence-corrected chi connectivity index (χ4v) is 3.44. The summed E-state index contributed by atoms with van der Waals surface area (Å²) in [5, 5.41) is 9.93. The van der Waals surface area contributed by atoms with Gasteiger partial charge in [-0.15, -0.1) is 0 Å². The summed E-state index contributed by atoms with van der Waals surface area (Å²) in [6.07, 6.45) is 2.35. The van der Waals surface area contributed by atoms with Crippen LogP contribution in [0.3, 0.4) is 0 Å². The molecule has 3 N–H and O–H groups in total. The normalized spacial score (nSPS) is 17.0. The number of rotatable bonds is 6. The van der Waals surface area contributed by atoms with E-state index in [1.807, 2.05) is 43.3 Å². The molecule has 23 heavy (non-hydrogen) atoms. The Hall–Kier alpha value is -1.39. The van der Waals surface area contributed by atoms with Crippen LogP contribution in [-0.2, 0) is 11.2 Å². The Morgan fingerprint density at radius 1 is 1.26 bits per heavy atom. The van der Waals surface area contributed by atoms with Crippen molar-refractivity contribution < 1.29 is 9.90 Å². The quantitative estimate of drug-likeness (QED) is 0.765. The number of benzene rings is 1. The molecule has 0 saturated carbocycles. The molecular weight excluding hydrogens is 302 g/mol. The minimum absolute atomic E-state index is 0.225. The van der Waals surface area contributed by atoms with E-state index in [4.69, 9.17) is 5.73 Å². The highest BCUT2D eigenvalue weighted by Gasteiger charge is 2.40. The average Bonchev–Trinajstić information content (AvgIpc) is 2.44. The number of nitrogens with two attached hydrogens (primary N) is 1. The van der Waals surface area contributed by atoms with Gasteiger partial charge in [0.2, 0.25) is 0 Å². The van der Waals surface area contributed by atoms with E-state index < -0.39 is 19.6 Å². The summed E-state index contributed by atoms with van der Waals surface area (Å²) in [6, 6.07) is 9.59. The van der Waals surface area contributed by atoms with Gasteiger partial charge in [0.1, 0.15) is 5.54 Å². The second kappa shape index (κ2) is 7.01. The van der Waals surface area contributed by atoms with E-state index in [9.17, 15) is 9.90 Å². The molecule has 1 aromatic carbocycles. The van der Waals surface area contributed by atoms with Crippen LogP contribution in [0.4, 0.5) is 0 Å². The first-order valence-electron chi connectivity index (χ1n) is 8.16. The zero-order valence-corrected chi connectivity index (χ0v) is 16.3. The maximum atomic E-state index is 11.8. The molecule has 0 saturated heterocycles. The van der Waals surface area contributed by atoms with Gasteiger partial charge in [-0.25, -0.2) is 0 Å². The lowest BCUT2D eigenvalue weighted by molar-refractivity contribution is -0.144. The lowest BCUT2D eigenvalue weighted by atomic mass is 9.81. The maximum absolute atomic E-state index is 11.8. The molecule has 2 atom stereocenters. The average molecular weight is 334 g/mol. The van der Waals surface area contributed by atoms with E-state index in [0.717, 1.165) is 5.56 Å². The fraction of sp³-hybridized carbons (Fsp3) is 0.526. The van der Waals surface area contributed by atoms with Crippen LogP contribution in [-0.4, -0.2) is 24.7 Å². The first-order valence-corrected chi connectivity index (χ1v) is 11.2. The second-order valence-electron chi connectivity index (χ2n) is 8.13. The molecule has 0 aliphatic rings. The van der Waals surface area contributed by atoms with Gasteiger partial charge in [0.05, 0.1) is 8.07 Å². The Labute approximate surface area is 141 Å². The van der Waals surface area contributed by atoms with Gasteiger partial charge in [-0.2, -0.15) is 0 Å². The summed E-state index contributed by atoms with van der Waals surface area (Å²) >= 11 is 0. The van der Waals surface area contributed by atoms with Crippen LogP contribution in [0.2, 0.25) is 18.1 Å². The highest BCUT2D eigenvalue weighted by atomic mass is 28.3. The van der Waals surface area contributed by atoms with Crippen molar-refractivity contribution in [3.05, 3.63) is 47.7 Å². The third-order valence-corrected chi connectivity index (χ3v) is 10.2. The third-order valence-electron chi connectivity index (χ3n) is 5.28. The smallest absolute Gasteiger partial charge is 0.324 e.